The van der Waals surface area contributed by atoms with Crippen molar-refractivity contribution >= 4 is 11.3 Å². The van der Waals surface area contributed by atoms with E-state index in [1.54, 1.807) is 0 Å². The average molecular weight is 282 g/mol. The molecule has 0 spiro atoms. The normalized spacial score (nSPS) is 20.8. The highest BCUT2D eigenvalue weighted by Gasteiger charge is 2.19. The SMILES string of the molecule is CCOC1CCCN(CCNCc2sccc2C)C1. The lowest BCUT2D eigenvalue weighted by Crippen LogP contribution is -2.42. The third kappa shape index (κ3) is 4.88. The van der Waals surface area contributed by atoms with E-state index in [0.717, 1.165) is 32.8 Å². The summed E-state index contributed by atoms with van der Waals surface area (Å²) in [6, 6.07) is 2.19. The van der Waals surface area contributed by atoms with Gasteiger partial charge in [0.2, 0.25) is 0 Å². The van der Waals surface area contributed by atoms with Crippen LogP contribution in [0.25, 0.3) is 0 Å². The molecule has 1 aliphatic rings. The lowest BCUT2D eigenvalue weighted by molar-refractivity contribution is 0.00635. The van der Waals surface area contributed by atoms with Gasteiger partial charge in [-0.05, 0) is 50.2 Å². The summed E-state index contributed by atoms with van der Waals surface area (Å²) >= 11 is 1.85. The van der Waals surface area contributed by atoms with E-state index in [9.17, 15) is 0 Å². The number of rotatable bonds is 7. The number of nitrogens with one attached hydrogen (secondary N) is 1. The fourth-order valence-corrected chi connectivity index (χ4v) is 3.49. The molecule has 1 aromatic heterocycles. The second-order valence-electron chi connectivity index (χ2n) is 5.22. The number of thiophene rings is 1. The molecule has 3 nitrogen and oxygen atoms in total. The lowest BCUT2D eigenvalue weighted by Gasteiger charge is -2.32. The predicted octanol–water partition coefficient (Wildman–Crippen LogP) is 2.65. The zero-order valence-electron chi connectivity index (χ0n) is 12.2. The van der Waals surface area contributed by atoms with Crippen LogP contribution < -0.4 is 5.32 Å². The minimum Gasteiger partial charge on any atom is -0.377 e. The number of piperidine rings is 1. The number of ether oxygens (including phenoxy) is 1. The van der Waals surface area contributed by atoms with Crippen molar-refractivity contribution in [1.82, 2.24) is 10.2 Å². The number of aryl methyl sites for hydroxylation is 1. The van der Waals surface area contributed by atoms with Crippen LogP contribution in [0.15, 0.2) is 11.4 Å². The van der Waals surface area contributed by atoms with Gasteiger partial charge in [0.1, 0.15) is 0 Å². The van der Waals surface area contributed by atoms with Gasteiger partial charge in [0.15, 0.2) is 0 Å². The highest BCUT2D eigenvalue weighted by atomic mass is 32.1. The lowest BCUT2D eigenvalue weighted by atomic mass is 10.1. The van der Waals surface area contributed by atoms with Crippen molar-refractivity contribution in [1.29, 1.82) is 0 Å². The Bertz CT molecular complexity index is 365. The van der Waals surface area contributed by atoms with Crippen molar-refractivity contribution in [2.75, 3.05) is 32.8 Å². The molecule has 1 aliphatic heterocycles. The predicted molar refractivity (Wildman–Crippen MR) is 81.9 cm³/mol. The summed E-state index contributed by atoms with van der Waals surface area (Å²) in [6.07, 6.45) is 2.96. The fraction of sp³-hybridized carbons (Fsp3) is 0.733. The van der Waals surface area contributed by atoms with Crippen LogP contribution >= 0.6 is 11.3 Å². The zero-order valence-corrected chi connectivity index (χ0v) is 13.0. The molecule has 1 atom stereocenters. The molecule has 1 unspecified atom stereocenters. The van der Waals surface area contributed by atoms with Crippen LogP contribution in [-0.2, 0) is 11.3 Å². The minimum atomic E-state index is 0.457. The molecule has 0 saturated carbocycles. The summed E-state index contributed by atoms with van der Waals surface area (Å²) in [6.45, 7) is 10.6. The second-order valence-corrected chi connectivity index (χ2v) is 6.22. The van der Waals surface area contributed by atoms with Crippen LogP contribution in [0.4, 0.5) is 0 Å². The molecule has 2 heterocycles. The first-order valence-electron chi connectivity index (χ1n) is 7.37. The van der Waals surface area contributed by atoms with Crippen molar-refractivity contribution in [3.63, 3.8) is 0 Å². The Balaban J connectivity index is 1.61. The molecule has 0 amide bonds. The summed E-state index contributed by atoms with van der Waals surface area (Å²) in [7, 11) is 0. The van der Waals surface area contributed by atoms with Gasteiger partial charge in [0.05, 0.1) is 6.10 Å². The maximum Gasteiger partial charge on any atom is 0.0702 e. The molecule has 0 aromatic carbocycles. The van der Waals surface area contributed by atoms with Crippen molar-refractivity contribution in [3.8, 4) is 0 Å². The van der Waals surface area contributed by atoms with Crippen LogP contribution in [0.3, 0.4) is 0 Å². The Kier molecular flexibility index (Phi) is 6.31. The molecule has 2 rings (SSSR count). The number of hydrogen-bond donors (Lipinski definition) is 1. The van der Waals surface area contributed by atoms with Gasteiger partial charge in [0.25, 0.3) is 0 Å². The van der Waals surface area contributed by atoms with E-state index in [4.69, 9.17) is 4.74 Å². The standard InChI is InChI=1S/C15H26N2OS/c1-3-18-14-5-4-8-17(12-14)9-7-16-11-15-13(2)6-10-19-15/h6,10,14,16H,3-5,7-9,11-12H2,1-2H3. The maximum atomic E-state index is 5.73. The fourth-order valence-electron chi connectivity index (χ4n) is 2.61. The van der Waals surface area contributed by atoms with E-state index >= 15 is 0 Å². The van der Waals surface area contributed by atoms with Crippen LogP contribution in [0.5, 0.6) is 0 Å². The maximum absolute atomic E-state index is 5.73. The second kappa shape index (κ2) is 8.00. The summed E-state index contributed by atoms with van der Waals surface area (Å²) < 4.78 is 5.73. The third-order valence-electron chi connectivity index (χ3n) is 3.72. The number of nitrogens with zero attached hydrogens (tertiary/aromatic N) is 1. The van der Waals surface area contributed by atoms with Gasteiger partial charge in [-0.15, -0.1) is 11.3 Å². The Morgan fingerprint density at radius 2 is 2.42 bits per heavy atom. The van der Waals surface area contributed by atoms with E-state index in [1.807, 2.05) is 11.3 Å². The average Bonchev–Trinajstić information content (AvgIpc) is 2.81. The third-order valence-corrected chi connectivity index (χ3v) is 4.75. The van der Waals surface area contributed by atoms with Crippen LogP contribution in [0.1, 0.15) is 30.2 Å². The first-order valence-corrected chi connectivity index (χ1v) is 8.25. The molecule has 1 fully saturated rings. The molecule has 108 valence electrons. The Morgan fingerprint density at radius 1 is 1.53 bits per heavy atom. The molecule has 1 aromatic rings. The molecule has 0 bridgehead atoms. The Labute approximate surface area is 121 Å². The molecule has 1 saturated heterocycles. The van der Waals surface area contributed by atoms with Crippen LogP contribution in [0.2, 0.25) is 0 Å². The molecule has 0 aliphatic carbocycles. The summed E-state index contributed by atoms with van der Waals surface area (Å²) in [5.74, 6) is 0. The van der Waals surface area contributed by atoms with Crippen molar-refractivity contribution in [2.45, 2.75) is 39.3 Å². The van der Waals surface area contributed by atoms with Gasteiger partial charge >= 0.3 is 0 Å². The highest BCUT2D eigenvalue weighted by Crippen LogP contribution is 2.15. The van der Waals surface area contributed by atoms with Crippen LogP contribution in [-0.4, -0.2) is 43.8 Å². The molecular weight excluding hydrogens is 256 g/mol. The minimum absolute atomic E-state index is 0.457. The van der Waals surface area contributed by atoms with Gasteiger partial charge in [-0.2, -0.15) is 0 Å². The zero-order chi connectivity index (χ0) is 13.5. The molecule has 19 heavy (non-hydrogen) atoms. The van der Waals surface area contributed by atoms with Crippen molar-refractivity contribution < 1.29 is 4.74 Å². The summed E-state index contributed by atoms with van der Waals surface area (Å²) in [4.78, 5) is 3.99. The first-order chi connectivity index (χ1) is 9.29. The smallest absolute Gasteiger partial charge is 0.0702 e. The number of hydrogen-bond acceptors (Lipinski definition) is 4. The van der Waals surface area contributed by atoms with Gasteiger partial charge < -0.3 is 10.1 Å². The van der Waals surface area contributed by atoms with Gasteiger partial charge in [-0.3, -0.25) is 4.90 Å². The van der Waals surface area contributed by atoms with Crippen molar-refractivity contribution in [3.05, 3.63) is 21.9 Å². The molecular formula is C15H26N2OS. The van der Waals surface area contributed by atoms with E-state index in [0.29, 0.717) is 6.10 Å². The molecule has 4 heteroatoms. The van der Waals surface area contributed by atoms with Gasteiger partial charge in [0, 0.05) is 37.7 Å². The highest BCUT2D eigenvalue weighted by molar-refractivity contribution is 7.10. The van der Waals surface area contributed by atoms with Gasteiger partial charge in [-0.25, -0.2) is 0 Å². The number of likely N-dealkylation sites (tertiary alicyclic amines) is 1. The van der Waals surface area contributed by atoms with E-state index in [1.165, 1.54) is 29.8 Å². The molecule has 1 N–H and O–H groups in total. The van der Waals surface area contributed by atoms with E-state index in [-0.39, 0.29) is 0 Å². The van der Waals surface area contributed by atoms with Crippen LogP contribution in [0, 0.1) is 6.92 Å². The quantitative estimate of drug-likeness (QED) is 0.778. The van der Waals surface area contributed by atoms with E-state index in [2.05, 4.69) is 35.5 Å². The van der Waals surface area contributed by atoms with Crippen molar-refractivity contribution in [2.24, 2.45) is 0 Å². The first kappa shape index (κ1) is 15.0. The molecule has 0 radical (unpaired) electrons. The Morgan fingerprint density at radius 3 is 3.16 bits per heavy atom. The van der Waals surface area contributed by atoms with E-state index < -0.39 is 0 Å². The summed E-state index contributed by atoms with van der Waals surface area (Å²) in [5.41, 5.74) is 1.41. The van der Waals surface area contributed by atoms with Gasteiger partial charge in [-0.1, -0.05) is 0 Å². The monoisotopic (exact) mass is 282 g/mol. The Hall–Kier alpha value is -0.420. The summed E-state index contributed by atoms with van der Waals surface area (Å²) in [5, 5.41) is 5.72. The topological polar surface area (TPSA) is 24.5 Å². The largest absolute Gasteiger partial charge is 0.377 e.